The van der Waals surface area contributed by atoms with Gasteiger partial charge in [-0.15, -0.1) is 0 Å². The number of rotatable bonds is 22. The van der Waals surface area contributed by atoms with E-state index in [1.54, 1.807) is 0 Å². The van der Waals surface area contributed by atoms with Crippen LogP contribution in [0.4, 0.5) is 0 Å². The molecule has 0 fully saturated rings. The number of carboxylic acids is 1. The maximum absolute atomic E-state index is 11.8. The minimum atomic E-state index is -4.92. The highest BCUT2D eigenvalue weighted by atomic mass is 32.2. The van der Waals surface area contributed by atoms with Crippen LogP contribution >= 0.6 is 0 Å². The summed E-state index contributed by atoms with van der Waals surface area (Å²) < 4.78 is 35.3. The van der Waals surface area contributed by atoms with E-state index in [-0.39, 0.29) is 25.2 Å². The zero-order valence-corrected chi connectivity index (χ0v) is 21.6. The maximum Gasteiger partial charge on any atom is 0.325 e. The Kier molecular flexibility index (Phi) is 19.1. The highest BCUT2D eigenvalue weighted by molar-refractivity contribution is 7.87. The normalized spacial score (nSPS) is 13.5. The van der Waals surface area contributed by atoms with Crippen LogP contribution in [0.1, 0.15) is 96.8 Å². The molecule has 1 amide bonds. The van der Waals surface area contributed by atoms with Crippen LogP contribution in [-0.2, 0) is 29.2 Å². The third kappa shape index (κ3) is 20.0. The van der Waals surface area contributed by atoms with Gasteiger partial charge in [0.25, 0.3) is 10.1 Å². The van der Waals surface area contributed by atoms with E-state index in [1.807, 2.05) is 0 Å². The number of ether oxygens (including phenoxy) is 1. The summed E-state index contributed by atoms with van der Waals surface area (Å²) in [6.07, 6.45) is 15.4. The number of unbranched alkanes of at least 4 members (excludes halogenated alkanes) is 8. The topological polar surface area (TPSA) is 167 Å². The van der Waals surface area contributed by atoms with Crippen molar-refractivity contribution in [1.29, 1.82) is 0 Å². The first-order valence-corrected chi connectivity index (χ1v) is 14.0. The van der Waals surface area contributed by atoms with Crippen molar-refractivity contribution in [3.63, 3.8) is 0 Å². The Morgan fingerprint density at radius 1 is 0.971 bits per heavy atom. The van der Waals surface area contributed by atoms with Gasteiger partial charge in [-0.2, -0.15) is 8.42 Å². The van der Waals surface area contributed by atoms with Crippen molar-refractivity contribution in [3.8, 4) is 0 Å². The van der Waals surface area contributed by atoms with Gasteiger partial charge in [-0.1, -0.05) is 64.0 Å². The highest BCUT2D eigenvalue weighted by Gasteiger charge is 2.33. The molecule has 0 saturated carbocycles. The Bertz CT molecular complexity index is 737. The third-order valence-corrected chi connectivity index (χ3v) is 6.50. The van der Waals surface area contributed by atoms with Crippen LogP contribution in [0, 0.1) is 0 Å². The Hall–Kier alpha value is -1.98. The molecule has 0 bridgehead atoms. The van der Waals surface area contributed by atoms with Crippen LogP contribution in [-0.4, -0.2) is 65.5 Å². The second-order valence-corrected chi connectivity index (χ2v) is 10.2. The lowest BCUT2D eigenvalue weighted by Crippen LogP contribution is -2.33. The standard InChI is InChI=1S/C24H43NO9S/c1-2-3-4-11-14-20(26)15-12-9-7-5-6-8-10-13-16-22(27)25-17-18-34-23(28)19-21(24(29)30)35(31,32)33/h9,12,20-21,26H,2-8,10-11,13-19H2,1H3,(H,25,27)(H,29,30)(H,31,32,33)/b12-9-/t20-,21?/m1/s1. The predicted octanol–water partition coefficient (Wildman–Crippen LogP) is 3.39. The molecule has 1 unspecified atom stereocenters. The summed E-state index contributed by atoms with van der Waals surface area (Å²) in [4.78, 5) is 34.1. The molecule has 0 heterocycles. The second kappa shape index (κ2) is 20.2. The van der Waals surface area contributed by atoms with Crippen molar-refractivity contribution < 1.29 is 42.3 Å². The van der Waals surface area contributed by atoms with Gasteiger partial charge >= 0.3 is 11.9 Å². The van der Waals surface area contributed by atoms with Crippen molar-refractivity contribution in [2.75, 3.05) is 13.2 Å². The van der Waals surface area contributed by atoms with E-state index in [2.05, 4.69) is 24.4 Å². The Morgan fingerprint density at radius 2 is 1.63 bits per heavy atom. The van der Waals surface area contributed by atoms with E-state index < -0.39 is 33.7 Å². The fourth-order valence-electron chi connectivity index (χ4n) is 3.35. The SMILES string of the molecule is CCCCCC[C@@H](O)C/C=C\CCCCCCCC(=O)NCCOC(=O)CC(C(=O)O)S(=O)(=O)O. The van der Waals surface area contributed by atoms with Gasteiger partial charge in [-0.25, -0.2) is 0 Å². The lowest BCUT2D eigenvalue weighted by molar-refractivity contribution is -0.147. The van der Waals surface area contributed by atoms with Crippen LogP contribution in [0.2, 0.25) is 0 Å². The number of aliphatic hydroxyl groups is 1. The smallest absolute Gasteiger partial charge is 0.325 e. The van der Waals surface area contributed by atoms with Gasteiger partial charge in [0.05, 0.1) is 19.1 Å². The minimum Gasteiger partial charge on any atom is -0.480 e. The van der Waals surface area contributed by atoms with Crippen molar-refractivity contribution >= 4 is 28.0 Å². The highest BCUT2D eigenvalue weighted by Crippen LogP contribution is 2.11. The largest absolute Gasteiger partial charge is 0.480 e. The third-order valence-electron chi connectivity index (χ3n) is 5.41. The Morgan fingerprint density at radius 3 is 2.29 bits per heavy atom. The second-order valence-electron chi connectivity index (χ2n) is 8.63. The molecule has 4 N–H and O–H groups in total. The van der Waals surface area contributed by atoms with E-state index in [4.69, 9.17) is 14.4 Å². The van der Waals surface area contributed by atoms with E-state index in [9.17, 15) is 27.9 Å². The number of aliphatic carboxylic acids is 1. The summed E-state index contributed by atoms with van der Waals surface area (Å²) in [5, 5.41) is 18.9. The number of amides is 1. The van der Waals surface area contributed by atoms with Gasteiger partial charge in [0.15, 0.2) is 5.25 Å². The fourth-order valence-corrected chi connectivity index (χ4v) is 3.95. The van der Waals surface area contributed by atoms with Crippen LogP contribution in [0.15, 0.2) is 12.2 Å². The number of nitrogens with one attached hydrogen (secondary N) is 1. The molecule has 11 heteroatoms. The first kappa shape index (κ1) is 33.0. The van der Waals surface area contributed by atoms with E-state index in [1.165, 1.54) is 19.3 Å². The summed E-state index contributed by atoms with van der Waals surface area (Å²) in [5.41, 5.74) is 0. The fraction of sp³-hybridized carbons (Fsp3) is 0.792. The molecule has 204 valence electrons. The molecule has 0 aromatic heterocycles. The molecule has 0 aliphatic carbocycles. The average Bonchev–Trinajstić information content (AvgIpc) is 2.78. The Balaban J connectivity index is 3.66. The number of aliphatic hydroxyl groups excluding tert-OH is 1. The predicted molar refractivity (Wildman–Crippen MR) is 132 cm³/mol. The molecule has 0 rings (SSSR count). The summed E-state index contributed by atoms with van der Waals surface area (Å²) in [7, 11) is -4.92. The monoisotopic (exact) mass is 521 g/mol. The summed E-state index contributed by atoms with van der Waals surface area (Å²) >= 11 is 0. The number of carbonyl (C=O) groups is 3. The zero-order valence-electron chi connectivity index (χ0n) is 20.8. The quantitative estimate of drug-likeness (QED) is 0.0722. The molecule has 0 radical (unpaired) electrons. The molecule has 0 aromatic rings. The molecular weight excluding hydrogens is 478 g/mol. The lowest BCUT2D eigenvalue weighted by Gasteiger charge is -2.10. The summed E-state index contributed by atoms with van der Waals surface area (Å²) in [6.45, 7) is 1.96. The minimum absolute atomic E-state index is 0.0218. The number of carboxylic acid groups (broad SMARTS) is 1. The van der Waals surface area contributed by atoms with Crippen molar-refractivity contribution in [2.24, 2.45) is 0 Å². The molecule has 10 nitrogen and oxygen atoms in total. The van der Waals surface area contributed by atoms with Crippen LogP contribution < -0.4 is 5.32 Å². The lowest BCUT2D eigenvalue weighted by atomic mass is 10.1. The van der Waals surface area contributed by atoms with Crippen molar-refractivity contribution in [3.05, 3.63) is 12.2 Å². The first-order valence-electron chi connectivity index (χ1n) is 12.5. The average molecular weight is 522 g/mol. The van der Waals surface area contributed by atoms with Crippen LogP contribution in [0.3, 0.4) is 0 Å². The molecule has 0 aliphatic heterocycles. The molecule has 2 atom stereocenters. The summed E-state index contributed by atoms with van der Waals surface area (Å²) in [6, 6.07) is 0. The van der Waals surface area contributed by atoms with Gasteiger partial charge in [-0.05, 0) is 32.1 Å². The molecule has 0 spiro atoms. The number of allylic oxidation sites excluding steroid dienone is 1. The number of hydrogen-bond donors (Lipinski definition) is 4. The molecule has 35 heavy (non-hydrogen) atoms. The molecule has 0 aliphatic rings. The summed E-state index contributed by atoms with van der Waals surface area (Å²) in [5.74, 6) is -3.14. The number of carbonyl (C=O) groups excluding carboxylic acids is 2. The van der Waals surface area contributed by atoms with Crippen LogP contribution in [0.25, 0.3) is 0 Å². The first-order chi connectivity index (χ1) is 16.6. The van der Waals surface area contributed by atoms with Gasteiger partial charge in [0.2, 0.25) is 5.91 Å². The maximum atomic E-state index is 11.8. The van der Waals surface area contributed by atoms with Crippen molar-refractivity contribution in [2.45, 2.75) is 108 Å². The van der Waals surface area contributed by atoms with E-state index in [0.717, 1.165) is 51.4 Å². The molecular formula is C24H43NO9S. The van der Waals surface area contributed by atoms with Gasteiger partial charge in [0.1, 0.15) is 6.61 Å². The number of esters is 1. The van der Waals surface area contributed by atoms with Gasteiger partial charge in [-0.3, -0.25) is 18.9 Å². The van der Waals surface area contributed by atoms with Gasteiger partial charge < -0.3 is 20.3 Å². The van der Waals surface area contributed by atoms with Crippen molar-refractivity contribution in [1.82, 2.24) is 5.32 Å². The molecule has 0 saturated heterocycles. The van der Waals surface area contributed by atoms with Gasteiger partial charge in [0, 0.05) is 6.42 Å². The van der Waals surface area contributed by atoms with Crippen LogP contribution in [0.5, 0.6) is 0 Å². The zero-order chi connectivity index (χ0) is 26.5. The molecule has 0 aromatic carbocycles. The van der Waals surface area contributed by atoms with E-state index >= 15 is 0 Å². The Labute approximate surface area is 209 Å². The number of hydrogen-bond acceptors (Lipinski definition) is 7. The van der Waals surface area contributed by atoms with E-state index in [0.29, 0.717) is 12.8 Å².